The molecular formula is C27H25FN4O4. The first-order valence-electron chi connectivity index (χ1n) is 11.6. The van der Waals surface area contributed by atoms with Crippen LogP contribution in [0.5, 0.6) is 0 Å². The normalized spacial score (nSPS) is 14.6. The number of pyridine rings is 1. The second-order valence-electron chi connectivity index (χ2n) is 8.65. The number of carbonyl (C=O) groups excluding carboxylic acids is 2. The largest absolute Gasteiger partial charge is 0.451 e. The number of fused-ring (bicyclic) bond motifs is 1. The van der Waals surface area contributed by atoms with Crippen LogP contribution in [-0.4, -0.2) is 53.0 Å². The van der Waals surface area contributed by atoms with Crippen LogP contribution in [0.25, 0.3) is 11.0 Å². The number of halogens is 1. The predicted octanol–water partition coefficient (Wildman–Crippen LogP) is 3.91. The van der Waals surface area contributed by atoms with Gasteiger partial charge in [0, 0.05) is 42.7 Å². The number of furan rings is 1. The van der Waals surface area contributed by atoms with Crippen LogP contribution < -0.4 is 10.2 Å². The molecule has 0 aliphatic carbocycles. The standard InChI is InChI=1S/C27H25FN4O4/c1-17-19-6-3-5-9-22(19)36-25(17)26(34)30-18-10-11-23(29-16-18)31-12-14-32(15-13-31)27(35)24(33)20-7-2-4-8-21(20)28/h2-11,16,24,33H,12-15H2,1H3,(H,30,34)/t24-/m1/s1. The van der Waals surface area contributed by atoms with Crippen molar-refractivity contribution < 1.29 is 23.5 Å². The van der Waals surface area contributed by atoms with Crippen LogP contribution in [0.15, 0.2) is 71.3 Å². The van der Waals surface area contributed by atoms with Gasteiger partial charge in [0.1, 0.15) is 17.2 Å². The van der Waals surface area contributed by atoms with Gasteiger partial charge >= 0.3 is 0 Å². The van der Waals surface area contributed by atoms with Gasteiger partial charge in [-0.25, -0.2) is 9.37 Å². The Morgan fingerprint density at radius 2 is 1.75 bits per heavy atom. The van der Waals surface area contributed by atoms with Gasteiger partial charge in [-0.15, -0.1) is 0 Å². The van der Waals surface area contributed by atoms with E-state index in [0.717, 1.165) is 10.9 Å². The van der Waals surface area contributed by atoms with Gasteiger partial charge in [0.15, 0.2) is 11.9 Å². The lowest BCUT2D eigenvalue weighted by Crippen LogP contribution is -2.50. The summed E-state index contributed by atoms with van der Waals surface area (Å²) in [5.74, 6) is -0.511. The number of aromatic nitrogens is 1. The smallest absolute Gasteiger partial charge is 0.291 e. The Labute approximate surface area is 207 Å². The number of nitrogens with one attached hydrogen (secondary N) is 1. The summed E-state index contributed by atoms with van der Waals surface area (Å²) in [4.78, 5) is 33.4. The Bertz CT molecular complexity index is 1410. The maximum absolute atomic E-state index is 13.9. The zero-order valence-electron chi connectivity index (χ0n) is 19.6. The fourth-order valence-corrected chi connectivity index (χ4v) is 4.38. The fourth-order valence-electron chi connectivity index (χ4n) is 4.38. The molecule has 0 radical (unpaired) electrons. The summed E-state index contributed by atoms with van der Waals surface area (Å²) in [6.07, 6.45) is 0.0409. The third-order valence-electron chi connectivity index (χ3n) is 6.40. The molecule has 0 bridgehead atoms. The molecule has 2 aromatic heterocycles. The molecule has 2 N–H and O–H groups in total. The minimum atomic E-state index is -1.53. The number of nitrogens with zero attached hydrogens (tertiary/aromatic N) is 3. The lowest BCUT2D eigenvalue weighted by molar-refractivity contribution is -0.141. The zero-order chi connectivity index (χ0) is 25.2. The first-order valence-corrected chi connectivity index (χ1v) is 11.6. The number of benzene rings is 2. The highest BCUT2D eigenvalue weighted by molar-refractivity contribution is 6.06. The molecule has 1 aliphatic heterocycles. The van der Waals surface area contributed by atoms with Crippen molar-refractivity contribution in [2.75, 3.05) is 36.4 Å². The lowest BCUT2D eigenvalue weighted by atomic mass is 10.1. The number of aliphatic hydroxyl groups is 1. The van der Waals surface area contributed by atoms with Gasteiger partial charge in [0.25, 0.3) is 11.8 Å². The van der Waals surface area contributed by atoms with Crippen molar-refractivity contribution in [1.29, 1.82) is 0 Å². The maximum atomic E-state index is 13.9. The SMILES string of the molecule is Cc1c(C(=O)Nc2ccc(N3CCN(C(=O)[C@H](O)c4ccccc4F)CC3)nc2)oc2ccccc12. The number of carbonyl (C=O) groups is 2. The molecular weight excluding hydrogens is 463 g/mol. The van der Waals surface area contributed by atoms with Gasteiger partial charge < -0.3 is 24.6 Å². The Kier molecular flexibility index (Phi) is 6.39. The number of hydrogen-bond acceptors (Lipinski definition) is 6. The number of anilines is 2. The van der Waals surface area contributed by atoms with Crippen molar-refractivity contribution in [3.05, 3.63) is 89.6 Å². The molecule has 0 saturated carbocycles. The number of rotatable bonds is 5. The molecule has 5 rings (SSSR count). The first kappa shape index (κ1) is 23.5. The van der Waals surface area contributed by atoms with Crippen molar-refractivity contribution in [2.45, 2.75) is 13.0 Å². The quantitative estimate of drug-likeness (QED) is 0.442. The molecule has 0 spiro atoms. The number of amides is 2. The molecule has 2 amide bonds. The molecule has 3 heterocycles. The zero-order valence-corrected chi connectivity index (χ0v) is 19.6. The van der Waals surface area contributed by atoms with Crippen LogP contribution in [0.4, 0.5) is 15.9 Å². The maximum Gasteiger partial charge on any atom is 0.291 e. The van der Waals surface area contributed by atoms with Gasteiger partial charge in [-0.05, 0) is 31.2 Å². The fraction of sp³-hybridized carbons (Fsp3) is 0.222. The van der Waals surface area contributed by atoms with Crippen LogP contribution in [-0.2, 0) is 4.79 Å². The minimum absolute atomic E-state index is 0.0259. The van der Waals surface area contributed by atoms with Crippen LogP contribution in [0.2, 0.25) is 0 Å². The number of aliphatic hydroxyl groups excluding tert-OH is 1. The first-order chi connectivity index (χ1) is 17.4. The summed E-state index contributed by atoms with van der Waals surface area (Å²) in [6.45, 7) is 3.60. The molecule has 1 saturated heterocycles. The second kappa shape index (κ2) is 9.79. The van der Waals surface area contributed by atoms with E-state index in [9.17, 15) is 19.1 Å². The Morgan fingerprint density at radius 3 is 2.44 bits per heavy atom. The summed E-state index contributed by atoms with van der Waals surface area (Å²) in [5, 5.41) is 14.1. The van der Waals surface area contributed by atoms with E-state index in [2.05, 4.69) is 10.3 Å². The van der Waals surface area contributed by atoms with Crippen molar-refractivity contribution in [3.8, 4) is 0 Å². The average Bonchev–Trinajstić information content (AvgIpc) is 3.25. The highest BCUT2D eigenvalue weighted by Gasteiger charge is 2.29. The second-order valence-corrected chi connectivity index (χ2v) is 8.65. The Morgan fingerprint density at radius 1 is 1.03 bits per heavy atom. The highest BCUT2D eigenvalue weighted by atomic mass is 19.1. The summed E-state index contributed by atoms with van der Waals surface area (Å²) in [7, 11) is 0. The number of piperazine rings is 1. The van der Waals surface area contributed by atoms with Crippen molar-refractivity contribution in [2.24, 2.45) is 0 Å². The summed E-state index contributed by atoms with van der Waals surface area (Å²) in [6, 6.07) is 16.8. The number of aryl methyl sites for hydroxylation is 1. The van der Waals surface area contributed by atoms with Crippen molar-refractivity contribution >= 4 is 34.3 Å². The molecule has 9 heteroatoms. The third kappa shape index (κ3) is 4.52. The third-order valence-corrected chi connectivity index (χ3v) is 6.40. The van der Waals surface area contributed by atoms with Gasteiger partial charge in [-0.2, -0.15) is 0 Å². The van der Waals surface area contributed by atoms with Crippen LogP contribution in [0.3, 0.4) is 0 Å². The molecule has 0 unspecified atom stereocenters. The van der Waals surface area contributed by atoms with E-state index in [1.165, 1.54) is 23.1 Å². The predicted molar refractivity (Wildman–Crippen MR) is 133 cm³/mol. The van der Waals surface area contributed by atoms with E-state index < -0.39 is 17.8 Å². The number of hydrogen-bond donors (Lipinski definition) is 2. The van der Waals surface area contributed by atoms with Gasteiger partial charge in [0.2, 0.25) is 0 Å². The lowest BCUT2D eigenvalue weighted by Gasteiger charge is -2.36. The molecule has 1 aliphatic rings. The van der Waals surface area contributed by atoms with E-state index in [1.54, 1.807) is 24.4 Å². The summed E-state index contributed by atoms with van der Waals surface area (Å²) in [5.41, 5.74) is 1.94. The van der Waals surface area contributed by atoms with Crippen molar-refractivity contribution in [1.82, 2.24) is 9.88 Å². The van der Waals surface area contributed by atoms with Crippen LogP contribution in [0.1, 0.15) is 27.8 Å². The topological polar surface area (TPSA) is 98.9 Å². The summed E-state index contributed by atoms with van der Waals surface area (Å²) >= 11 is 0. The molecule has 1 fully saturated rings. The van der Waals surface area contributed by atoms with Gasteiger partial charge in [0.05, 0.1) is 11.9 Å². The molecule has 184 valence electrons. The average molecular weight is 489 g/mol. The van der Waals surface area contributed by atoms with E-state index in [1.807, 2.05) is 36.1 Å². The van der Waals surface area contributed by atoms with Crippen LogP contribution in [0, 0.1) is 12.7 Å². The Hall–Kier alpha value is -4.24. The monoisotopic (exact) mass is 488 g/mol. The van der Waals surface area contributed by atoms with Gasteiger partial charge in [-0.3, -0.25) is 9.59 Å². The van der Waals surface area contributed by atoms with Gasteiger partial charge in [-0.1, -0.05) is 36.4 Å². The molecule has 2 aromatic carbocycles. The summed E-state index contributed by atoms with van der Waals surface area (Å²) < 4.78 is 19.7. The van der Waals surface area contributed by atoms with E-state index in [-0.39, 0.29) is 17.2 Å². The van der Waals surface area contributed by atoms with E-state index >= 15 is 0 Å². The van der Waals surface area contributed by atoms with E-state index in [0.29, 0.717) is 43.3 Å². The molecule has 8 nitrogen and oxygen atoms in total. The number of para-hydroxylation sites is 1. The van der Waals surface area contributed by atoms with E-state index in [4.69, 9.17) is 4.42 Å². The molecule has 4 aromatic rings. The van der Waals surface area contributed by atoms with Crippen molar-refractivity contribution in [3.63, 3.8) is 0 Å². The minimum Gasteiger partial charge on any atom is -0.451 e. The molecule has 36 heavy (non-hydrogen) atoms. The van der Waals surface area contributed by atoms with Crippen LogP contribution >= 0.6 is 0 Å². The highest BCUT2D eigenvalue weighted by Crippen LogP contribution is 2.26. The Balaban J connectivity index is 1.19. The molecule has 1 atom stereocenters.